The van der Waals surface area contributed by atoms with Crippen LogP contribution in [0.5, 0.6) is 0 Å². The average molecular weight is 351 g/mol. The molecule has 1 fully saturated rings. The number of rotatable bonds is 5. The van der Waals surface area contributed by atoms with Gasteiger partial charge in [-0.3, -0.25) is 9.48 Å². The summed E-state index contributed by atoms with van der Waals surface area (Å²) in [7, 11) is 1.85. The normalized spacial score (nSPS) is 20.4. The predicted molar refractivity (Wildman–Crippen MR) is 95.7 cm³/mol. The molecule has 7 heteroatoms. The molecule has 2 heterocycles. The number of aryl methyl sites for hydroxylation is 1. The Hall–Kier alpha value is -2.93. The summed E-state index contributed by atoms with van der Waals surface area (Å²) in [6, 6.07) is 9.03. The quantitative estimate of drug-likeness (QED) is 0.735. The van der Waals surface area contributed by atoms with Gasteiger partial charge in [0.1, 0.15) is 0 Å². The van der Waals surface area contributed by atoms with Crippen LogP contribution in [0.1, 0.15) is 34.8 Å². The van der Waals surface area contributed by atoms with Crippen molar-refractivity contribution < 1.29 is 9.90 Å². The SMILES string of the molecule is Cn1cc([C@H](NC(=O)c2ccc(-n3cccn3)cc2)C2CC(O)C2)cn1. The molecule has 0 saturated heterocycles. The maximum atomic E-state index is 12.7. The zero-order chi connectivity index (χ0) is 18.1. The summed E-state index contributed by atoms with van der Waals surface area (Å²) in [6.07, 6.45) is 8.37. The maximum Gasteiger partial charge on any atom is 0.251 e. The van der Waals surface area contributed by atoms with Crippen LogP contribution < -0.4 is 5.32 Å². The Kier molecular flexibility index (Phi) is 4.30. The summed E-state index contributed by atoms with van der Waals surface area (Å²) in [5.41, 5.74) is 2.46. The van der Waals surface area contributed by atoms with E-state index in [-0.39, 0.29) is 24.0 Å². The van der Waals surface area contributed by atoms with E-state index in [9.17, 15) is 9.90 Å². The molecule has 134 valence electrons. The van der Waals surface area contributed by atoms with E-state index in [0.29, 0.717) is 18.4 Å². The van der Waals surface area contributed by atoms with E-state index in [0.717, 1.165) is 11.3 Å². The highest BCUT2D eigenvalue weighted by Gasteiger charge is 2.36. The van der Waals surface area contributed by atoms with Gasteiger partial charge in [0.25, 0.3) is 5.91 Å². The van der Waals surface area contributed by atoms with Gasteiger partial charge in [-0.15, -0.1) is 0 Å². The average Bonchev–Trinajstić information content (AvgIpc) is 3.29. The van der Waals surface area contributed by atoms with Gasteiger partial charge in [-0.2, -0.15) is 10.2 Å². The van der Waals surface area contributed by atoms with Crippen molar-refractivity contribution in [1.82, 2.24) is 24.9 Å². The number of aliphatic hydroxyl groups excluding tert-OH is 1. The molecule has 1 aliphatic rings. The van der Waals surface area contributed by atoms with Gasteiger partial charge in [0, 0.05) is 36.8 Å². The second kappa shape index (κ2) is 6.76. The van der Waals surface area contributed by atoms with Crippen LogP contribution in [0, 0.1) is 5.92 Å². The van der Waals surface area contributed by atoms with E-state index < -0.39 is 0 Å². The number of carbonyl (C=O) groups excluding carboxylic acids is 1. The highest BCUT2D eigenvalue weighted by molar-refractivity contribution is 5.94. The van der Waals surface area contributed by atoms with Gasteiger partial charge in [0.05, 0.1) is 24.0 Å². The zero-order valence-corrected chi connectivity index (χ0v) is 14.5. The Balaban J connectivity index is 1.51. The molecule has 0 spiro atoms. The Bertz CT molecular complexity index is 879. The van der Waals surface area contributed by atoms with E-state index in [4.69, 9.17) is 0 Å². The molecule has 0 unspecified atom stereocenters. The first-order valence-corrected chi connectivity index (χ1v) is 8.67. The lowest BCUT2D eigenvalue weighted by atomic mass is 9.75. The van der Waals surface area contributed by atoms with Crippen molar-refractivity contribution in [1.29, 1.82) is 0 Å². The molecule has 2 aromatic heterocycles. The lowest BCUT2D eigenvalue weighted by Gasteiger charge is -2.37. The van der Waals surface area contributed by atoms with E-state index in [2.05, 4.69) is 15.5 Å². The minimum Gasteiger partial charge on any atom is -0.393 e. The third-order valence-electron chi connectivity index (χ3n) is 4.89. The van der Waals surface area contributed by atoms with Gasteiger partial charge in [0.15, 0.2) is 0 Å². The number of nitrogens with zero attached hydrogens (tertiary/aromatic N) is 4. The van der Waals surface area contributed by atoms with Crippen LogP contribution in [-0.2, 0) is 7.05 Å². The van der Waals surface area contributed by atoms with E-state index in [1.807, 2.05) is 37.6 Å². The summed E-state index contributed by atoms with van der Waals surface area (Å²) < 4.78 is 3.47. The van der Waals surface area contributed by atoms with Crippen LogP contribution >= 0.6 is 0 Å². The maximum absolute atomic E-state index is 12.7. The predicted octanol–water partition coefficient (Wildman–Crippen LogP) is 1.85. The van der Waals surface area contributed by atoms with Crippen molar-refractivity contribution >= 4 is 5.91 Å². The summed E-state index contributed by atoms with van der Waals surface area (Å²) in [6.45, 7) is 0. The van der Waals surface area contributed by atoms with Crippen molar-refractivity contribution in [2.24, 2.45) is 13.0 Å². The first-order chi connectivity index (χ1) is 12.6. The second-order valence-electron chi connectivity index (χ2n) is 6.78. The fraction of sp³-hybridized carbons (Fsp3) is 0.316. The van der Waals surface area contributed by atoms with Crippen molar-refractivity contribution in [2.75, 3.05) is 0 Å². The number of benzene rings is 1. The first kappa shape index (κ1) is 16.5. The monoisotopic (exact) mass is 351 g/mol. The largest absolute Gasteiger partial charge is 0.393 e. The van der Waals surface area contributed by atoms with Gasteiger partial charge in [0.2, 0.25) is 0 Å². The minimum absolute atomic E-state index is 0.132. The third-order valence-corrected chi connectivity index (χ3v) is 4.89. The Morgan fingerprint density at radius 3 is 2.62 bits per heavy atom. The van der Waals surface area contributed by atoms with Crippen LogP contribution in [0.25, 0.3) is 5.69 Å². The summed E-state index contributed by atoms with van der Waals surface area (Å²) in [5, 5.41) is 21.2. The molecule has 3 aromatic rings. The van der Waals surface area contributed by atoms with Crippen molar-refractivity contribution in [3.63, 3.8) is 0 Å². The molecule has 0 bridgehead atoms. The Morgan fingerprint density at radius 1 is 1.27 bits per heavy atom. The molecular weight excluding hydrogens is 330 g/mol. The highest BCUT2D eigenvalue weighted by atomic mass is 16.3. The summed E-state index contributed by atoms with van der Waals surface area (Å²) >= 11 is 0. The van der Waals surface area contributed by atoms with Gasteiger partial charge < -0.3 is 10.4 Å². The van der Waals surface area contributed by atoms with Gasteiger partial charge in [-0.1, -0.05) is 0 Å². The molecular formula is C19H21N5O2. The van der Waals surface area contributed by atoms with Crippen molar-refractivity contribution in [3.05, 3.63) is 66.2 Å². The second-order valence-corrected chi connectivity index (χ2v) is 6.78. The number of aliphatic hydroxyl groups is 1. The molecule has 0 radical (unpaired) electrons. The van der Waals surface area contributed by atoms with Gasteiger partial charge in [-0.25, -0.2) is 4.68 Å². The standard InChI is InChI=1S/C19H21N5O2/c1-23-12-15(11-21-23)18(14-9-17(25)10-14)22-19(26)13-3-5-16(6-4-13)24-8-2-7-20-24/h2-8,11-12,14,17-18,25H,9-10H2,1H3,(H,22,26)/t14?,17?,18-/m1/s1. The van der Waals surface area contributed by atoms with Crippen molar-refractivity contribution in [3.8, 4) is 5.69 Å². The Labute approximate surface area is 151 Å². The van der Waals surface area contributed by atoms with Crippen LogP contribution in [0.3, 0.4) is 0 Å². The van der Waals surface area contributed by atoms with Crippen LogP contribution in [-0.4, -0.2) is 36.7 Å². The van der Waals surface area contributed by atoms with E-state index in [1.165, 1.54) is 0 Å². The highest BCUT2D eigenvalue weighted by Crippen LogP contribution is 2.38. The van der Waals surface area contributed by atoms with E-state index in [1.54, 1.807) is 33.9 Å². The number of amides is 1. The zero-order valence-electron chi connectivity index (χ0n) is 14.5. The Morgan fingerprint density at radius 2 is 2.04 bits per heavy atom. The van der Waals surface area contributed by atoms with Crippen LogP contribution in [0.4, 0.5) is 0 Å². The number of carbonyl (C=O) groups is 1. The number of hydrogen-bond donors (Lipinski definition) is 2. The molecule has 1 saturated carbocycles. The fourth-order valence-electron chi connectivity index (χ4n) is 3.39. The summed E-state index contributed by atoms with van der Waals surface area (Å²) in [4.78, 5) is 12.7. The summed E-state index contributed by atoms with van der Waals surface area (Å²) in [5.74, 6) is 0.0914. The molecule has 1 atom stereocenters. The number of nitrogens with one attached hydrogen (secondary N) is 1. The van der Waals surface area contributed by atoms with Crippen molar-refractivity contribution in [2.45, 2.75) is 25.0 Å². The number of aromatic nitrogens is 4. The van der Waals surface area contributed by atoms with E-state index >= 15 is 0 Å². The minimum atomic E-state index is -0.274. The first-order valence-electron chi connectivity index (χ1n) is 8.67. The molecule has 26 heavy (non-hydrogen) atoms. The smallest absolute Gasteiger partial charge is 0.251 e. The molecule has 1 aromatic carbocycles. The molecule has 4 rings (SSSR count). The fourth-order valence-corrected chi connectivity index (χ4v) is 3.39. The van der Waals surface area contributed by atoms with Crippen LogP contribution in [0.2, 0.25) is 0 Å². The molecule has 1 aliphatic carbocycles. The lowest BCUT2D eigenvalue weighted by Crippen LogP contribution is -2.41. The van der Waals surface area contributed by atoms with Gasteiger partial charge >= 0.3 is 0 Å². The third kappa shape index (κ3) is 3.25. The van der Waals surface area contributed by atoms with Gasteiger partial charge in [-0.05, 0) is 49.1 Å². The molecule has 7 nitrogen and oxygen atoms in total. The topological polar surface area (TPSA) is 85.0 Å². The molecule has 0 aliphatic heterocycles. The molecule has 2 N–H and O–H groups in total. The van der Waals surface area contributed by atoms with Crippen LogP contribution in [0.15, 0.2) is 55.1 Å². The molecule has 1 amide bonds. The number of hydrogen-bond acceptors (Lipinski definition) is 4. The lowest BCUT2D eigenvalue weighted by molar-refractivity contribution is 0.0235.